The Labute approximate surface area is 106 Å². The molecule has 0 aromatic rings. The number of carboxylic acids is 1. The molecule has 1 heterocycles. The van der Waals surface area contributed by atoms with Crippen molar-refractivity contribution >= 4 is 21.6 Å². The topological polar surface area (TPSA) is 125 Å². The molecule has 1 amide bonds. The summed E-state index contributed by atoms with van der Waals surface area (Å²) in [6, 6.07) is -1.08. The molecule has 1 rings (SSSR count). The first-order valence-corrected chi connectivity index (χ1v) is 7.72. The Morgan fingerprint density at radius 1 is 1.56 bits per heavy atom. The Balaban J connectivity index is 2.35. The molecule has 0 spiro atoms. The van der Waals surface area contributed by atoms with Gasteiger partial charge in [0, 0.05) is 40.7 Å². The van der Waals surface area contributed by atoms with Gasteiger partial charge in [-0.3, -0.25) is 14.4 Å². The zero-order valence-electron chi connectivity index (χ0n) is 10.1. The van der Waals surface area contributed by atoms with E-state index in [0.717, 1.165) is 6.42 Å². The molecule has 1 saturated heterocycles. The smallest absolute Gasteiger partial charge is 0.320 e. The molecule has 0 saturated carbocycles. The zero-order chi connectivity index (χ0) is 13.8. The number of carboxylic acid groups (broad SMARTS) is 1. The second-order valence-corrected chi connectivity index (χ2v) is 6.88. The molecule has 18 heavy (non-hydrogen) atoms. The molecule has 4 N–H and O–H groups in total. The minimum atomic E-state index is -2.86. The predicted molar refractivity (Wildman–Crippen MR) is 66.6 cm³/mol. The summed E-state index contributed by atoms with van der Waals surface area (Å²) in [5, 5.41) is 8.58. The lowest BCUT2D eigenvalue weighted by Crippen LogP contribution is -2.34. The Bertz CT molecular complexity index is 421. The second kappa shape index (κ2) is 6.14. The maximum absolute atomic E-state index is 11.9. The van der Waals surface area contributed by atoms with Crippen LogP contribution >= 0.6 is 0 Å². The van der Waals surface area contributed by atoms with E-state index in [0.29, 0.717) is 19.5 Å². The predicted octanol–water partition coefficient (Wildman–Crippen LogP) is -0.542. The third kappa shape index (κ3) is 4.61. The maximum Gasteiger partial charge on any atom is 0.320 e. The van der Waals surface area contributed by atoms with Crippen LogP contribution in [0.5, 0.6) is 0 Å². The number of hydrogen-bond acceptors (Lipinski definition) is 5. The molecule has 0 bridgehead atoms. The molecule has 1 aliphatic heterocycles. The van der Waals surface area contributed by atoms with Gasteiger partial charge < -0.3 is 15.7 Å². The SMILES string of the molecule is N=S(=O)(CC[C@H](N)C(=O)O)CCN1CCCC1=O. The lowest BCUT2D eigenvalue weighted by atomic mass is 10.2. The number of nitrogens with one attached hydrogen (secondary N) is 1. The molecule has 8 heteroatoms. The molecule has 104 valence electrons. The number of aliphatic carboxylic acids is 1. The molecule has 0 radical (unpaired) electrons. The summed E-state index contributed by atoms with van der Waals surface area (Å²) in [6.07, 6.45) is 1.34. The van der Waals surface area contributed by atoms with Crippen molar-refractivity contribution in [2.45, 2.75) is 25.3 Å². The number of carbonyl (C=O) groups excluding carboxylic acids is 1. The molecule has 1 fully saturated rings. The Morgan fingerprint density at radius 2 is 2.22 bits per heavy atom. The van der Waals surface area contributed by atoms with Crippen molar-refractivity contribution in [1.29, 1.82) is 4.78 Å². The summed E-state index contributed by atoms with van der Waals surface area (Å²) in [5.41, 5.74) is 5.29. The van der Waals surface area contributed by atoms with Crippen LogP contribution in [0.3, 0.4) is 0 Å². The van der Waals surface area contributed by atoms with Crippen LogP contribution in [0.25, 0.3) is 0 Å². The van der Waals surface area contributed by atoms with Crippen LogP contribution < -0.4 is 5.73 Å². The number of nitrogens with zero attached hydrogens (tertiary/aromatic N) is 1. The third-order valence-electron chi connectivity index (χ3n) is 2.94. The van der Waals surface area contributed by atoms with E-state index in [-0.39, 0.29) is 23.8 Å². The molecule has 2 atom stereocenters. The average Bonchev–Trinajstić information content (AvgIpc) is 2.69. The minimum absolute atomic E-state index is 0.0195. The fourth-order valence-corrected chi connectivity index (χ4v) is 3.10. The van der Waals surface area contributed by atoms with Crippen molar-refractivity contribution < 1.29 is 18.9 Å². The first-order valence-electron chi connectivity index (χ1n) is 5.82. The van der Waals surface area contributed by atoms with Crippen molar-refractivity contribution in [3.63, 3.8) is 0 Å². The van der Waals surface area contributed by atoms with Crippen LogP contribution in [0.2, 0.25) is 0 Å². The zero-order valence-corrected chi connectivity index (χ0v) is 10.9. The second-order valence-electron chi connectivity index (χ2n) is 4.44. The lowest BCUT2D eigenvalue weighted by Gasteiger charge is -2.16. The highest BCUT2D eigenvalue weighted by molar-refractivity contribution is 7.92. The van der Waals surface area contributed by atoms with Crippen molar-refractivity contribution in [1.82, 2.24) is 4.90 Å². The van der Waals surface area contributed by atoms with Gasteiger partial charge in [0.2, 0.25) is 5.91 Å². The van der Waals surface area contributed by atoms with Gasteiger partial charge >= 0.3 is 5.97 Å². The molecular weight excluding hydrogens is 258 g/mol. The average molecular weight is 277 g/mol. The number of carbonyl (C=O) groups is 2. The van der Waals surface area contributed by atoms with E-state index < -0.39 is 21.7 Å². The van der Waals surface area contributed by atoms with Crippen LogP contribution in [0.4, 0.5) is 0 Å². The Morgan fingerprint density at radius 3 is 2.72 bits per heavy atom. The Kier molecular flexibility index (Phi) is 5.09. The fraction of sp³-hybridized carbons (Fsp3) is 0.800. The van der Waals surface area contributed by atoms with Gasteiger partial charge in [0.15, 0.2) is 0 Å². The van der Waals surface area contributed by atoms with Gasteiger partial charge in [0.25, 0.3) is 0 Å². The summed E-state index contributed by atoms with van der Waals surface area (Å²) >= 11 is 0. The standard InChI is InChI=1S/C10H19N3O4S/c11-8(10(15)16)3-6-18(12,17)7-5-13-4-1-2-9(13)14/h8,12H,1-7,11H2,(H,15,16)/t8-,18?/m0/s1. The van der Waals surface area contributed by atoms with Crippen molar-refractivity contribution in [2.75, 3.05) is 24.6 Å². The quantitative estimate of drug-likeness (QED) is 0.576. The molecule has 0 aliphatic carbocycles. The van der Waals surface area contributed by atoms with E-state index in [2.05, 4.69) is 0 Å². The van der Waals surface area contributed by atoms with Crippen LogP contribution in [0, 0.1) is 4.78 Å². The van der Waals surface area contributed by atoms with E-state index in [4.69, 9.17) is 15.6 Å². The van der Waals surface area contributed by atoms with E-state index in [9.17, 15) is 13.8 Å². The summed E-state index contributed by atoms with van der Waals surface area (Å²) in [5.74, 6) is -1.07. The Hall–Kier alpha value is -1.15. The normalized spacial score (nSPS) is 20.7. The summed E-state index contributed by atoms with van der Waals surface area (Å²) in [4.78, 5) is 23.4. The van der Waals surface area contributed by atoms with Crippen LogP contribution in [-0.4, -0.2) is 56.7 Å². The van der Waals surface area contributed by atoms with E-state index in [1.165, 1.54) is 0 Å². The number of nitrogens with two attached hydrogens (primary N) is 1. The first-order chi connectivity index (χ1) is 8.32. The third-order valence-corrected chi connectivity index (χ3v) is 4.68. The molecule has 7 nitrogen and oxygen atoms in total. The molecular formula is C10H19N3O4S. The molecule has 1 aliphatic rings. The summed E-state index contributed by atoms with van der Waals surface area (Å²) < 4.78 is 19.5. The minimum Gasteiger partial charge on any atom is -0.480 e. The van der Waals surface area contributed by atoms with Gasteiger partial charge in [0.1, 0.15) is 6.04 Å². The number of hydrogen-bond donors (Lipinski definition) is 3. The van der Waals surface area contributed by atoms with Gasteiger partial charge in [-0.05, 0) is 12.8 Å². The van der Waals surface area contributed by atoms with Gasteiger partial charge in [0.05, 0.1) is 0 Å². The van der Waals surface area contributed by atoms with Gasteiger partial charge in [-0.25, -0.2) is 4.21 Å². The highest BCUT2D eigenvalue weighted by Gasteiger charge is 2.22. The van der Waals surface area contributed by atoms with E-state index >= 15 is 0 Å². The van der Waals surface area contributed by atoms with Crippen LogP contribution in [0.15, 0.2) is 0 Å². The van der Waals surface area contributed by atoms with Crippen molar-refractivity contribution in [3.05, 3.63) is 0 Å². The highest BCUT2D eigenvalue weighted by atomic mass is 32.2. The van der Waals surface area contributed by atoms with Crippen molar-refractivity contribution in [3.8, 4) is 0 Å². The fourth-order valence-electron chi connectivity index (χ4n) is 1.74. The number of likely N-dealkylation sites (tertiary alicyclic amines) is 1. The molecule has 1 unspecified atom stereocenters. The first kappa shape index (κ1) is 14.9. The van der Waals surface area contributed by atoms with Crippen LogP contribution in [0.1, 0.15) is 19.3 Å². The highest BCUT2D eigenvalue weighted by Crippen LogP contribution is 2.10. The van der Waals surface area contributed by atoms with Crippen LogP contribution in [-0.2, 0) is 19.3 Å². The monoisotopic (exact) mass is 277 g/mol. The summed E-state index contributed by atoms with van der Waals surface area (Å²) in [6.45, 7) is 0.965. The van der Waals surface area contributed by atoms with Gasteiger partial charge in [-0.2, -0.15) is 0 Å². The molecule has 0 aromatic heterocycles. The van der Waals surface area contributed by atoms with Crippen molar-refractivity contribution in [2.24, 2.45) is 5.73 Å². The van der Waals surface area contributed by atoms with Gasteiger partial charge in [-0.15, -0.1) is 0 Å². The van der Waals surface area contributed by atoms with E-state index in [1.54, 1.807) is 4.90 Å². The van der Waals surface area contributed by atoms with E-state index in [1.807, 2.05) is 0 Å². The number of rotatable bonds is 7. The molecule has 0 aromatic carbocycles. The maximum atomic E-state index is 11.9. The lowest BCUT2D eigenvalue weighted by molar-refractivity contribution is -0.138. The largest absolute Gasteiger partial charge is 0.480 e. The number of amides is 1. The van der Waals surface area contributed by atoms with Gasteiger partial charge in [-0.1, -0.05) is 0 Å². The summed E-state index contributed by atoms with van der Waals surface area (Å²) in [7, 11) is -2.86.